The first-order valence-electron chi connectivity index (χ1n) is 7.94. The van der Waals surface area contributed by atoms with E-state index >= 15 is 0 Å². The van der Waals surface area contributed by atoms with Crippen LogP contribution in [0, 0.1) is 0 Å². The highest BCUT2D eigenvalue weighted by Crippen LogP contribution is 2.42. The average molecular weight is 460 g/mol. The van der Waals surface area contributed by atoms with Crippen LogP contribution in [0.2, 0.25) is 15.1 Å². The van der Waals surface area contributed by atoms with Gasteiger partial charge in [-0.25, -0.2) is 4.98 Å². The van der Waals surface area contributed by atoms with Crippen LogP contribution in [0.3, 0.4) is 0 Å². The van der Waals surface area contributed by atoms with Gasteiger partial charge in [0.25, 0.3) is 0 Å². The van der Waals surface area contributed by atoms with Crippen LogP contribution in [-0.2, 0) is 11.2 Å². The molecule has 3 nitrogen and oxygen atoms in total. The summed E-state index contributed by atoms with van der Waals surface area (Å²) in [5.41, 5.74) is 1.21. The monoisotopic (exact) mass is 458 g/mol. The maximum absolute atomic E-state index is 12.7. The van der Waals surface area contributed by atoms with E-state index in [4.69, 9.17) is 46.4 Å². The van der Waals surface area contributed by atoms with Crippen molar-refractivity contribution in [1.29, 1.82) is 0 Å². The SMILES string of the molecule is O=C(Cc1ccc(Cl)c(Cl)c1)SC(c1ccc(Cl)cc1)C(Cl)n1ccnc1. The van der Waals surface area contributed by atoms with Crippen molar-refractivity contribution >= 4 is 63.3 Å². The molecule has 0 fully saturated rings. The van der Waals surface area contributed by atoms with Gasteiger partial charge in [-0.2, -0.15) is 0 Å². The summed E-state index contributed by atoms with van der Waals surface area (Å²) in [7, 11) is 0. The summed E-state index contributed by atoms with van der Waals surface area (Å²) < 4.78 is 1.76. The second kappa shape index (κ2) is 9.35. The topological polar surface area (TPSA) is 34.9 Å². The molecule has 0 aliphatic rings. The van der Waals surface area contributed by atoms with E-state index in [1.54, 1.807) is 53.6 Å². The Morgan fingerprint density at radius 3 is 2.44 bits per heavy atom. The van der Waals surface area contributed by atoms with Crippen LogP contribution in [-0.4, -0.2) is 14.7 Å². The molecular formula is C19H14Cl4N2OS. The highest BCUT2D eigenvalue weighted by Gasteiger charge is 2.26. The van der Waals surface area contributed by atoms with Crippen LogP contribution in [0.5, 0.6) is 0 Å². The molecule has 8 heteroatoms. The molecule has 0 saturated heterocycles. The molecule has 0 radical (unpaired) electrons. The lowest BCUT2D eigenvalue weighted by Crippen LogP contribution is -2.12. The summed E-state index contributed by atoms with van der Waals surface area (Å²) >= 11 is 25.8. The van der Waals surface area contributed by atoms with Crippen molar-refractivity contribution < 1.29 is 4.79 Å². The van der Waals surface area contributed by atoms with Crippen LogP contribution in [0.4, 0.5) is 0 Å². The number of hydrogen-bond donors (Lipinski definition) is 0. The highest BCUT2D eigenvalue weighted by atomic mass is 35.5. The van der Waals surface area contributed by atoms with Gasteiger partial charge in [0, 0.05) is 23.8 Å². The van der Waals surface area contributed by atoms with E-state index < -0.39 is 5.50 Å². The van der Waals surface area contributed by atoms with Gasteiger partial charge in [-0.1, -0.05) is 76.4 Å². The van der Waals surface area contributed by atoms with Gasteiger partial charge in [0.15, 0.2) is 5.12 Å². The molecule has 140 valence electrons. The minimum atomic E-state index is -0.489. The smallest absolute Gasteiger partial charge is 0.194 e. The molecule has 27 heavy (non-hydrogen) atoms. The molecule has 2 unspecified atom stereocenters. The minimum Gasteiger partial charge on any atom is -0.319 e. The molecule has 0 bridgehead atoms. The van der Waals surface area contributed by atoms with Gasteiger partial charge in [-0.05, 0) is 35.4 Å². The minimum absolute atomic E-state index is 0.0286. The number of nitrogens with zero attached hydrogens (tertiary/aromatic N) is 2. The average Bonchev–Trinajstić information content (AvgIpc) is 3.18. The third kappa shape index (κ3) is 5.43. The third-order valence-corrected chi connectivity index (χ3v) is 6.66. The van der Waals surface area contributed by atoms with E-state index in [2.05, 4.69) is 4.98 Å². The molecule has 3 rings (SSSR count). The van der Waals surface area contributed by atoms with Gasteiger partial charge in [0.2, 0.25) is 0 Å². The van der Waals surface area contributed by atoms with Crippen LogP contribution in [0.25, 0.3) is 0 Å². The van der Waals surface area contributed by atoms with Crippen LogP contribution in [0.15, 0.2) is 61.2 Å². The van der Waals surface area contributed by atoms with E-state index in [9.17, 15) is 4.79 Å². The quantitative estimate of drug-likeness (QED) is 0.379. The summed E-state index contributed by atoms with van der Waals surface area (Å²) in [6, 6.07) is 12.5. The highest BCUT2D eigenvalue weighted by molar-refractivity contribution is 8.13. The molecule has 0 aliphatic heterocycles. The zero-order valence-electron chi connectivity index (χ0n) is 13.9. The number of carbonyl (C=O) groups is 1. The van der Waals surface area contributed by atoms with Gasteiger partial charge in [-0.3, -0.25) is 4.79 Å². The molecule has 1 aromatic heterocycles. The van der Waals surface area contributed by atoms with Crippen molar-refractivity contribution in [3.8, 4) is 0 Å². The molecule has 0 aliphatic carbocycles. The van der Waals surface area contributed by atoms with E-state index in [1.165, 1.54) is 11.8 Å². The fourth-order valence-corrected chi connectivity index (χ4v) is 4.45. The predicted molar refractivity (Wildman–Crippen MR) is 114 cm³/mol. The first kappa shape index (κ1) is 20.6. The maximum atomic E-state index is 12.7. The Kier molecular flexibility index (Phi) is 7.12. The summed E-state index contributed by atoms with van der Waals surface area (Å²) in [5.74, 6) is 0. The van der Waals surface area contributed by atoms with Gasteiger partial charge >= 0.3 is 0 Å². The number of imidazole rings is 1. The molecule has 2 atom stereocenters. The van der Waals surface area contributed by atoms with E-state index in [0.717, 1.165) is 11.1 Å². The molecule has 2 aromatic carbocycles. The van der Waals surface area contributed by atoms with Crippen molar-refractivity contribution in [1.82, 2.24) is 9.55 Å². The molecular weight excluding hydrogens is 446 g/mol. The van der Waals surface area contributed by atoms with Gasteiger partial charge in [-0.15, -0.1) is 0 Å². The van der Waals surface area contributed by atoms with Gasteiger partial charge in [0.1, 0.15) is 5.50 Å². The Hall–Kier alpha value is -1.17. The second-order valence-electron chi connectivity index (χ2n) is 5.77. The molecule has 0 N–H and O–H groups in total. The summed E-state index contributed by atoms with van der Waals surface area (Å²) in [6.45, 7) is 0. The number of alkyl halides is 1. The fourth-order valence-electron chi connectivity index (χ4n) is 2.51. The van der Waals surface area contributed by atoms with Crippen molar-refractivity contribution in [2.24, 2.45) is 0 Å². The first-order valence-corrected chi connectivity index (χ1v) is 10.4. The van der Waals surface area contributed by atoms with E-state index in [0.29, 0.717) is 15.1 Å². The van der Waals surface area contributed by atoms with Crippen LogP contribution < -0.4 is 0 Å². The lowest BCUT2D eigenvalue weighted by molar-refractivity contribution is -0.110. The third-order valence-electron chi connectivity index (χ3n) is 3.85. The Labute approximate surface area is 181 Å². The first-order chi connectivity index (χ1) is 12.9. The Morgan fingerprint density at radius 2 is 1.81 bits per heavy atom. The van der Waals surface area contributed by atoms with E-state index in [-0.39, 0.29) is 16.8 Å². The zero-order valence-corrected chi connectivity index (χ0v) is 17.7. The molecule has 0 amide bonds. The number of carbonyl (C=O) groups excluding carboxylic acids is 1. The standard InChI is InChI=1S/C19H14Cl4N2OS/c20-14-4-2-13(3-5-14)18(19(23)25-8-7-24-11-25)27-17(26)10-12-1-6-15(21)16(22)9-12/h1-9,11,18-19H,10H2. The summed E-state index contributed by atoms with van der Waals surface area (Å²) in [4.78, 5) is 16.7. The van der Waals surface area contributed by atoms with Crippen molar-refractivity contribution in [2.75, 3.05) is 0 Å². The lowest BCUT2D eigenvalue weighted by Gasteiger charge is -2.22. The fraction of sp³-hybridized carbons (Fsp3) is 0.158. The largest absolute Gasteiger partial charge is 0.319 e. The normalized spacial score (nSPS) is 13.3. The number of hydrogen-bond acceptors (Lipinski definition) is 3. The van der Waals surface area contributed by atoms with Crippen molar-refractivity contribution in [3.63, 3.8) is 0 Å². The van der Waals surface area contributed by atoms with Crippen LogP contribution in [0.1, 0.15) is 21.9 Å². The number of rotatable bonds is 6. The van der Waals surface area contributed by atoms with E-state index in [1.807, 2.05) is 12.1 Å². The van der Waals surface area contributed by atoms with Crippen LogP contribution >= 0.6 is 58.2 Å². The molecule has 0 spiro atoms. The summed E-state index contributed by atoms with van der Waals surface area (Å²) in [5, 5.41) is 1.17. The van der Waals surface area contributed by atoms with Gasteiger partial charge < -0.3 is 4.57 Å². The number of aromatic nitrogens is 2. The Balaban J connectivity index is 1.80. The number of thioether (sulfide) groups is 1. The van der Waals surface area contributed by atoms with Gasteiger partial charge in [0.05, 0.1) is 21.6 Å². The summed E-state index contributed by atoms with van der Waals surface area (Å²) in [6.07, 6.45) is 5.27. The van der Waals surface area contributed by atoms with Crippen molar-refractivity contribution in [2.45, 2.75) is 17.2 Å². The van der Waals surface area contributed by atoms with Crippen molar-refractivity contribution in [3.05, 3.63) is 87.4 Å². The maximum Gasteiger partial charge on any atom is 0.194 e. The number of benzene rings is 2. The lowest BCUT2D eigenvalue weighted by atomic mass is 10.1. The zero-order chi connectivity index (χ0) is 19.4. The predicted octanol–water partition coefficient (Wildman–Crippen LogP) is 6.82. The Bertz CT molecular complexity index is 916. The molecule has 1 heterocycles. The second-order valence-corrected chi connectivity index (χ2v) is 8.67. The number of halogens is 4. The molecule has 0 saturated carbocycles. The molecule has 3 aromatic rings. The Morgan fingerprint density at radius 1 is 1.07 bits per heavy atom.